The van der Waals surface area contributed by atoms with Crippen molar-refractivity contribution >= 4 is 18.3 Å². The lowest BCUT2D eigenvalue weighted by atomic mass is 10.0. The molecule has 1 aliphatic carbocycles. The summed E-state index contributed by atoms with van der Waals surface area (Å²) in [6, 6.07) is 8.05. The molecule has 2 unspecified atom stereocenters. The molecular formula is C18H29ClN2O2. The quantitative estimate of drug-likeness (QED) is 0.802. The van der Waals surface area contributed by atoms with E-state index in [-0.39, 0.29) is 24.4 Å². The summed E-state index contributed by atoms with van der Waals surface area (Å²) in [4.78, 5) is 12.1. The molecule has 1 aromatic carbocycles. The van der Waals surface area contributed by atoms with Crippen molar-refractivity contribution in [1.82, 2.24) is 5.32 Å². The number of nitrogens with one attached hydrogen (secondary N) is 1. The van der Waals surface area contributed by atoms with Crippen LogP contribution in [0.15, 0.2) is 24.3 Å². The number of benzene rings is 1. The van der Waals surface area contributed by atoms with Gasteiger partial charge in [0.1, 0.15) is 5.75 Å². The van der Waals surface area contributed by atoms with Gasteiger partial charge in [-0.3, -0.25) is 4.79 Å². The molecule has 2 rings (SSSR count). The Morgan fingerprint density at radius 1 is 1.30 bits per heavy atom. The molecule has 3 N–H and O–H groups in total. The van der Waals surface area contributed by atoms with Crippen molar-refractivity contribution in [3.05, 3.63) is 29.8 Å². The number of nitrogens with two attached hydrogens (primary N) is 1. The van der Waals surface area contributed by atoms with Crippen LogP contribution in [0.2, 0.25) is 0 Å². The molecule has 1 fully saturated rings. The number of rotatable bonds is 7. The summed E-state index contributed by atoms with van der Waals surface area (Å²) in [5.41, 5.74) is 6.76. The lowest BCUT2D eigenvalue weighted by molar-refractivity contribution is -0.121. The molecule has 0 aromatic heterocycles. The maximum atomic E-state index is 12.1. The van der Waals surface area contributed by atoms with E-state index in [0.29, 0.717) is 31.4 Å². The highest BCUT2D eigenvalue weighted by Gasteiger charge is 2.27. The minimum Gasteiger partial charge on any atom is -0.493 e. The fourth-order valence-electron chi connectivity index (χ4n) is 2.92. The first-order chi connectivity index (χ1) is 10.6. The van der Waals surface area contributed by atoms with Crippen molar-refractivity contribution in [2.75, 3.05) is 13.2 Å². The Kier molecular flexibility index (Phi) is 8.42. The number of halogens is 1. The van der Waals surface area contributed by atoms with Gasteiger partial charge < -0.3 is 15.8 Å². The normalized spacial score (nSPS) is 20.2. The molecule has 1 saturated carbocycles. The Hall–Kier alpha value is -1.26. The first kappa shape index (κ1) is 19.8. The highest BCUT2D eigenvalue weighted by atomic mass is 35.5. The van der Waals surface area contributed by atoms with Crippen LogP contribution >= 0.6 is 12.4 Å². The van der Waals surface area contributed by atoms with Crippen LogP contribution in [0.1, 0.15) is 38.7 Å². The van der Waals surface area contributed by atoms with Crippen molar-refractivity contribution in [1.29, 1.82) is 0 Å². The van der Waals surface area contributed by atoms with E-state index in [0.717, 1.165) is 30.6 Å². The van der Waals surface area contributed by atoms with Crippen LogP contribution < -0.4 is 15.8 Å². The predicted octanol–water partition coefficient (Wildman–Crippen LogP) is 2.93. The topological polar surface area (TPSA) is 64.3 Å². The van der Waals surface area contributed by atoms with E-state index >= 15 is 0 Å². The van der Waals surface area contributed by atoms with Gasteiger partial charge in [-0.05, 0) is 48.9 Å². The average molecular weight is 341 g/mol. The average Bonchev–Trinajstić information content (AvgIpc) is 2.93. The van der Waals surface area contributed by atoms with Gasteiger partial charge in [-0.2, -0.15) is 0 Å². The molecule has 4 nitrogen and oxygen atoms in total. The van der Waals surface area contributed by atoms with Crippen LogP contribution in [-0.4, -0.2) is 25.1 Å². The molecule has 2 atom stereocenters. The van der Waals surface area contributed by atoms with E-state index in [2.05, 4.69) is 19.2 Å². The largest absolute Gasteiger partial charge is 0.493 e. The van der Waals surface area contributed by atoms with Gasteiger partial charge in [0.15, 0.2) is 0 Å². The Balaban J connectivity index is 0.00000264. The molecule has 0 aliphatic heterocycles. The fourth-order valence-corrected chi connectivity index (χ4v) is 2.92. The van der Waals surface area contributed by atoms with Gasteiger partial charge >= 0.3 is 0 Å². The number of carbonyl (C=O) groups is 1. The third kappa shape index (κ3) is 6.40. The van der Waals surface area contributed by atoms with E-state index in [4.69, 9.17) is 10.5 Å². The molecule has 0 radical (unpaired) electrons. The summed E-state index contributed by atoms with van der Waals surface area (Å²) in [6.45, 7) is 5.61. The molecule has 0 heterocycles. The van der Waals surface area contributed by atoms with E-state index in [1.165, 1.54) is 0 Å². The minimum absolute atomic E-state index is 0. The predicted molar refractivity (Wildman–Crippen MR) is 96.1 cm³/mol. The molecule has 1 amide bonds. The minimum atomic E-state index is 0. The lowest BCUT2D eigenvalue weighted by Crippen LogP contribution is -2.40. The standard InChI is InChI=1S/C18H28N2O2.ClH/c1-13(2)12-22-16-8-6-14(7-9-16)10-18(21)20-17-5-3-4-15(17)11-19;/h6-9,13,15,17H,3-5,10-12,19H2,1-2H3,(H,20,21);1H. The first-order valence-electron chi connectivity index (χ1n) is 8.29. The van der Waals surface area contributed by atoms with Crippen molar-refractivity contribution in [2.24, 2.45) is 17.6 Å². The number of hydrogen-bond acceptors (Lipinski definition) is 3. The van der Waals surface area contributed by atoms with Gasteiger partial charge in [-0.1, -0.05) is 32.4 Å². The number of ether oxygens (including phenoxy) is 1. The zero-order chi connectivity index (χ0) is 15.9. The van der Waals surface area contributed by atoms with Gasteiger partial charge in [-0.25, -0.2) is 0 Å². The monoisotopic (exact) mass is 340 g/mol. The molecule has 1 aromatic rings. The molecule has 0 saturated heterocycles. The number of carbonyl (C=O) groups excluding carboxylic acids is 1. The van der Waals surface area contributed by atoms with Crippen molar-refractivity contribution < 1.29 is 9.53 Å². The Morgan fingerprint density at radius 3 is 2.61 bits per heavy atom. The van der Waals surface area contributed by atoms with Crippen LogP contribution in [0.4, 0.5) is 0 Å². The van der Waals surface area contributed by atoms with Gasteiger partial charge in [0.05, 0.1) is 13.0 Å². The molecular weight excluding hydrogens is 312 g/mol. The van der Waals surface area contributed by atoms with Crippen LogP contribution in [0.5, 0.6) is 5.75 Å². The summed E-state index contributed by atoms with van der Waals surface area (Å²) in [5, 5.41) is 3.13. The molecule has 1 aliphatic rings. The lowest BCUT2D eigenvalue weighted by Gasteiger charge is -2.19. The molecule has 0 spiro atoms. The van der Waals surface area contributed by atoms with Crippen LogP contribution in [0.25, 0.3) is 0 Å². The van der Waals surface area contributed by atoms with E-state index in [9.17, 15) is 4.79 Å². The first-order valence-corrected chi connectivity index (χ1v) is 8.29. The third-order valence-electron chi connectivity index (χ3n) is 4.18. The molecule has 23 heavy (non-hydrogen) atoms. The summed E-state index contributed by atoms with van der Waals surface area (Å²) in [6.07, 6.45) is 3.76. The Labute approximate surface area is 145 Å². The Morgan fingerprint density at radius 2 is 2.00 bits per heavy atom. The third-order valence-corrected chi connectivity index (χ3v) is 4.18. The van der Waals surface area contributed by atoms with E-state index in [1.807, 2.05) is 24.3 Å². The van der Waals surface area contributed by atoms with Gasteiger partial charge in [0.25, 0.3) is 0 Å². The Bertz CT molecular complexity index is 476. The van der Waals surface area contributed by atoms with Crippen molar-refractivity contribution in [3.63, 3.8) is 0 Å². The van der Waals surface area contributed by atoms with Crippen LogP contribution in [0, 0.1) is 11.8 Å². The zero-order valence-electron chi connectivity index (χ0n) is 14.1. The summed E-state index contributed by atoms with van der Waals surface area (Å²) < 4.78 is 5.65. The van der Waals surface area contributed by atoms with E-state index < -0.39 is 0 Å². The molecule has 5 heteroatoms. The van der Waals surface area contributed by atoms with Crippen molar-refractivity contribution in [3.8, 4) is 5.75 Å². The van der Waals surface area contributed by atoms with Gasteiger partial charge in [0.2, 0.25) is 5.91 Å². The zero-order valence-corrected chi connectivity index (χ0v) is 14.9. The number of amides is 1. The smallest absolute Gasteiger partial charge is 0.224 e. The SMILES string of the molecule is CC(C)COc1ccc(CC(=O)NC2CCCC2CN)cc1.Cl. The second-order valence-corrected chi connectivity index (χ2v) is 6.63. The number of hydrogen-bond donors (Lipinski definition) is 2. The van der Waals surface area contributed by atoms with Gasteiger partial charge in [0, 0.05) is 6.04 Å². The molecule has 130 valence electrons. The highest BCUT2D eigenvalue weighted by Crippen LogP contribution is 2.24. The van der Waals surface area contributed by atoms with Crippen molar-refractivity contribution in [2.45, 2.75) is 45.6 Å². The van der Waals surface area contributed by atoms with Crippen LogP contribution in [-0.2, 0) is 11.2 Å². The second kappa shape index (κ2) is 9.78. The maximum Gasteiger partial charge on any atom is 0.224 e. The molecule has 0 bridgehead atoms. The van der Waals surface area contributed by atoms with Crippen LogP contribution in [0.3, 0.4) is 0 Å². The van der Waals surface area contributed by atoms with E-state index in [1.54, 1.807) is 0 Å². The fraction of sp³-hybridized carbons (Fsp3) is 0.611. The summed E-state index contributed by atoms with van der Waals surface area (Å²) in [5.74, 6) is 1.89. The second-order valence-electron chi connectivity index (χ2n) is 6.63. The summed E-state index contributed by atoms with van der Waals surface area (Å²) >= 11 is 0. The summed E-state index contributed by atoms with van der Waals surface area (Å²) in [7, 11) is 0. The highest BCUT2D eigenvalue weighted by molar-refractivity contribution is 5.85. The van der Waals surface area contributed by atoms with Gasteiger partial charge in [-0.15, -0.1) is 12.4 Å². The maximum absolute atomic E-state index is 12.1.